The van der Waals surface area contributed by atoms with Crippen LogP contribution in [-0.2, 0) is 9.53 Å². The molecule has 2 aromatic heterocycles. The van der Waals surface area contributed by atoms with Crippen LogP contribution in [0.1, 0.15) is 31.9 Å². The van der Waals surface area contributed by atoms with Crippen LogP contribution < -0.4 is 11.1 Å². The number of pyridine rings is 1. The molecule has 1 aromatic carbocycles. The predicted octanol–water partition coefficient (Wildman–Crippen LogP) is 3.94. The molecule has 2 amide bonds. The Morgan fingerprint density at radius 1 is 1.18 bits per heavy atom. The number of primary amides is 1. The van der Waals surface area contributed by atoms with E-state index in [0.717, 1.165) is 0 Å². The molecule has 0 bridgehead atoms. The maximum atomic E-state index is 12.2. The molecule has 0 aliphatic heterocycles. The Morgan fingerprint density at radius 2 is 1.89 bits per heavy atom. The molecule has 4 N–H and O–H groups in total. The fourth-order valence-corrected chi connectivity index (χ4v) is 2.78. The summed E-state index contributed by atoms with van der Waals surface area (Å²) in [6, 6.07) is 10.8. The number of carbonyl (C=O) groups is 2. The van der Waals surface area contributed by atoms with Gasteiger partial charge in [-0.1, -0.05) is 30.3 Å². The summed E-state index contributed by atoms with van der Waals surface area (Å²) in [5.41, 5.74) is 7.79. The molecule has 3 rings (SSSR count). The van der Waals surface area contributed by atoms with Crippen LogP contribution in [0, 0.1) is 0 Å². The van der Waals surface area contributed by atoms with E-state index in [1.165, 1.54) is 0 Å². The zero-order valence-electron chi connectivity index (χ0n) is 15.9. The fourth-order valence-electron chi connectivity index (χ4n) is 2.78. The molecule has 2 heterocycles. The summed E-state index contributed by atoms with van der Waals surface area (Å²) in [5.74, 6) is -0.550. The maximum Gasteiger partial charge on any atom is 0.412 e. The highest BCUT2D eigenvalue weighted by Crippen LogP contribution is 2.29. The summed E-state index contributed by atoms with van der Waals surface area (Å²) < 4.78 is 5.33. The number of aromatic nitrogens is 2. The minimum Gasteiger partial charge on any atom is -0.444 e. The third kappa shape index (κ3) is 4.37. The zero-order valence-corrected chi connectivity index (χ0v) is 15.9. The van der Waals surface area contributed by atoms with Gasteiger partial charge in [-0.25, -0.2) is 9.78 Å². The number of anilines is 1. The number of hydrogen-bond donors (Lipinski definition) is 3. The summed E-state index contributed by atoms with van der Waals surface area (Å²) in [6.07, 6.45) is 4.39. The van der Waals surface area contributed by atoms with Crippen molar-refractivity contribution in [1.82, 2.24) is 9.97 Å². The molecule has 0 aliphatic rings. The largest absolute Gasteiger partial charge is 0.444 e. The van der Waals surface area contributed by atoms with Crippen LogP contribution in [0.15, 0.2) is 48.8 Å². The second-order valence-electron chi connectivity index (χ2n) is 7.24. The average Bonchev–Trinajstić information content (AvgIpc) is 3.02. The lowest BCUT2D eigenvalue weighted by Gasteiger charge is -2.20. The van der Waals surface area contributed by atoms with Crippen molar-refractivity contribution in [3.63, 3.8) is 0 Å². The van der Waals surface area contributed by atoms with E-state index in [9.17, 15) is 9.59 Å². The molecule has 0 aliphatic carbocycles. The third-order valence-corrected chi connectivity index (χ3v) is 3.89. The number of nitrogens with zero attached hydrogens (tertiary/aromatic N) is 1. The number of aromatic amines is 1. The number of nitrogens with one attached hydrogen (secondary N) is 2. The SMILES string of the molecule is CC(C)(C)OC(=O)Nc1ccnc2[nH]cc(C=C(C(N)=O)c3ccccc3)c12. The van der Waals surface area contributed by atoms with Crippen molar-refractivity contribution in [2.24, 2.45) is 5.73 Å². The Bertz CT molecular complexity index is 1050. The van der Waals surface area contributed by atoms with Gasteiger partial charge < -0.3 is 15.5 Å². The summed E-state index contributed by atoms with van der Waals surface area (Å²) in [5, 5.41) is 3.40. The van der Waals surface area contributed by atoms with Crippen molar-refractivity contribution in [1.29, 1.82) is 0 Å². The number of H-pyrrole nitrogens is 1. The molecule has 0 atom stereocenters. The monoisotopic (exact) mass is 378 g/mol. The van der Waals surface area contributed by atoms with Crippen LogP contribution in [0.5, 0.6) is 0 Å². The Hall–Kier alpha value is -3.61. The highest BCUT2D eigenvalue weighted by Gasteiger charge is 2.18. The lowest BCUT2D eigenvalue weighted by molar-refractivity contribution is -0.112. The number of rotatable bonds is 4. The van der Waals surface area contributed by atoms with E-state index >= 15 is 0 Å². The second-order valence-corrected chi connectivity index (χ2v) is 7.24. The van der Waals surface area contributed by atoms with Crippen molar-refractivity contribution < 1.29 is 14.3 Å². The van der Waals surface area contributed by atoms with Crippen LogP contribution in [0.3, 0.4) is 0 Å². The van der Waals surface area contributed by atoms with Gasteiger partial charge in [0.15, 0.2) is 0 Å². The molecule has 0 spiro atoms. The Labute approximate surface area is 162 Å². The van der Waals surface area contributed by atoms with Crippen LogP contribution >= 0.6 is 0 Å². The van der Waals surface area contributed by atoms with Gasteiger partial charge in [-0.2, -0.15) is 0 Å². The minimum absolute atomic E-state index is 0.355. The molecular weight excluding hydrogens is 356 g/mol. The Morgan fingerprint density at radius 3 is 2.54 bits per heavy atom. The second kappa shape index (κ2) is 7.56. The average molecular weight is 378 g/mol. The minimum atomic E-state index is -0.621. The van der Waals surface area contributed by atoms with Crippen LogP contribution in [0.4, 0.5) is 10.5 Å². The molecule has 0 saturated heterocycles. The topological polar surface area (TPSA) is 110 Å². The highest BCUT2D eigenvalue weighted by atomic mass is 16.6. The molecule has 7 nitrogen and oxygen atoms in total. The van der Waals surface area contributed by atoms with Crippen molar-refractivity contribution >= 4 is 40.4 Å². The molecule has 0 unspecified atom stereocenters. The van der Waals surface area contributed by atoms with Crippen molar-refractivity contribution in [3.05, 3.63) is 59.9 Å². The molecular formula is C21H22N4O3. The van der Waals surface area contributed by atoms with E-state index in [1.807, 2.05) is 30.3 Å². The maximum absolute atomic E-state index is 12.2. The van der Waals surface area contributed by atoms with Gasteiger partial charge in [0.25, 0.3) is 0 Å². The first-order valence-electron chi connectivity index (χ1n) is 8.77. The number of carbonyl (C=O) groups excluding carboxylic acids is 2. The summed E-state index contributed by atoms with van der Waals surface area (Å²) >= 11 is 0. The molecule has 0 fully saturated rings. The standard InChI is InChI=1S/C21H22N4O3/c1-21(2,3)28-20(27)25-16-9-10-23-19-17(16)14(12-24-19)11-15(18(22)26)13-7-5-4-6-8-13/h4-12H,1-3H3,(H2,22,26)(H2,23,24,25,27). The number of ether oxygens (including phenoxy) is 1. The van der Waals surface area contributed by atoms with Gasteiger partial charge in [-0.05, 0) is 38.5 Å². The summed E-state index contributed by atoms with van der Waals surface area (Å²) in [7, 11) is 0. The molecule has 3 aromatic rings. The highest BCUT2D eigenvalue weighted by molar-refractivity contribution is 6.24. The first kappa shape index (κ1) is 19.2. The summed E-state index contributed by atoms with van der Waals surface area (Å²) in [6.45, 7) is 5.37. The van der Waals surface area contributed by atoms with Crippen molar-refractivity contribution in [3.8, 4) is 0 Å². The Balaban J connectivity index is 2.05. The van der Waals surface area contributed by atoms with E-state index in [2.05, 4.69) is 15.3 Å². The number of amides is 2. The van der Waals surface area contributed by atoms with Gasteiger partial charge in [-0.15, -0.1) is 0 Å². The first-order chi connectivity index (χ1) is 13.2. The number of nitrogens with two attached hydrogens (primary N) is 1. The lowest BCUT2D eigenvalue weighted by atomic mass is 10.0. The van der Waals surface area contributed by atoms with Gasteiger partial charge in [-0.3, -0.25) is 10.1 Å². The number of fused-ring (bicyclic) bond motifs is 1. The molecule has 28 heavy (non-hydrogen) atoms. The fraction of sp³-hybridized carbons (Fsp3) is 0.190. The zero-order chi connectivity index (χ0) is 20.3. The van der Waals surface area contributed by atoms with E-state index in [-0.39, 0.29) is 0 Å². The van der Waals surface area contributed by atoms with E-state index < -0.39 is 17.6 Å². The van der Waals surface area contributed by atoms with Crippen molar-refractivity contribution in [2.75, 3.05) is 5.32 Å². The van der Waals surface area contributed by atoms with Crippen molar-refractivity contribution in [2.45, 2.75) is 26.4 Å². The van der Waals surface area contributed by atoms with Gasteiger partial charge in [0, 0.05) is 28.9 Å². The molecule has 0 radical (unpaired) electrons. The number of benzene rings is 1. The van der Waals surface area contributed by atoms with Crippen LogP contribution in [0.25, 0.3) is 22.7 Å². The lowest BCUT2D eigenvalue weighted by Crippen LogP contribution is -2.27. The van der Waals surface area contributed by atoms with Gasteiger partial charge in [0.2, 0.25) is 5.91 Å². The van der Waals surface area contributed by atoms with Gasteiger partial charge in [0.1, 0.15) is 11.2 Å². The normalized spacial score (nSPS) is 12.0. The van der Waals surface area contributed by atoms with Gasteiger partial charge in [0.05, 0.1) is 5.69 Å². The van der Waals surface area contributed by atoms with Crippen LogP contribution in [0.2, 0.25) is 0 Å². The van der Waals surface area contributed by atoms with E-state index in [4.69, 9.17) is 10.5 Å². The smallest absolute Gasteiger partial charge is 0.412 e. The van der Waals surface area contributed by atoms with Gasteiger partial charge >= 0.3 is 6.09 Å². The quantitative estimate of drug-likeness (QED) is 0.597. The van der Waals surface area contributed by atoms with E-state index in [1.54, 1.807) is 45.3 Å². The Kier molecular flexibility index (Phi) is 5.17. The summed E-state index contributed by atoms with van der Waals surface area (Å²) in [4.78, 5) is 31.5. The van der Waals surface area contributed by atoms with E-state index in [0.29, 0.717) is 33.4 Å². The molecule has 0 saturated carbocycles. The molecule has 144 valence electrons. The number of hydrogen-bond acceptors (Lipinski definition) is 4. The predicted molar refractivity (Wildman–Crippen MR) is 109 cm³/mol. The molecule has 7 heteroatoms. The van der Waals surface area contributed by atoms with Crippen LogP contribution in [-0.4, -0.2) is 27.6 Å². The third-order valence-electron chi connectivity index (χ3n) is 3.89. The first-order valence-corrected chi connectivity index (χ1v) is 8.77.